The standard InChI is InChI=1S/C15H15Cl2NO/c1-14(2)5-6-15(9-18,13(14)19)8-10-3-4-11(16)12(17)7-10/h3-4,7H,5-6,8H2,1-2H3. The molecule has 0 spiro atoms. The number of benzene rings is 1. The summed E-state index contributed by atoms with van der Waals surface area (Å²) >= 11 is 11.9. The summed E-state index contributed by atoms with van der Waals surface area (Å²) in [6.07, 6.45) is 1.76. The van der Waals surface area contributed by atoms with Gasteiger partial charge in [0, 0.05) is 5.41 Å². The molecule has 100 valence electrons. The van der Waals surface area contributed by atoms with Gasteiger partial charge in [-0.1, -0.05) is 43.1 Å². The number of rotatable bonds is 2. The Hall–Kier alpha value is -1.04. The molecule has 0 heterocycles. The van der Waals surface area contributed by atoms with Crippen molar-refractivity contribution < 1.29 is 4.79 Å². The summed E-state index contributed by atoms with van der Waals surface area (Å²) in [6.45, 7) is 3.81. The number of Topliss-reactive ketones (excluding diaryl/α,β-unsaturated/α-hetero) is 1. The highest BCUT2D eigenvalue weighted by Gasteiger charge is 2.52. The molecule has 0 radical (unpaired) electrons. The number of carbonyl (C=O) groups is 1. The third kappa shape index (κ3) is 2.50. The van der Waals surface area contributed by atoms with E-state index in [2.05, 4.69) is 6.07 Å². The average molecular weight is 296 g/mol. The molecule has 1 fully saturated rings. The quantitative estimate of drug-likeness (QED) is 0.809. The zero-order valence-corrected chi connectivity index (χ0v) is 12.5. The second-order valence-electron chi connectivity index (χ2n) is 5.83. The Morgan fingerprint density at radius 1 is 1.26 bits per heavy atom. The van der Waals surface area contributed by atoms with Gasteiger partial charge in [0.2, 0.25) is 0 Å². The smallest absolute Gasteiger partial charge is 0.158 e. The van der Waals surface area contributed by atoms with E-state index in [0.717, 1.165) is 12.0 Å². The van der Waals surface area contributed by atoms with E-state index < -0.39 is 10.8 Å². The van der Waals surface area contributed by atoms with Crippen molar-refractivity contribution in [2.24, 2.45) is 10.8 Å². The Bertz CT molecular complexity index is 574. The normalized spacial score (nSPS) is 25.3. The summed E-state index contributed by atoms with van der Waals surface area (Å²) < 4.78 is 0. The minimum Gasteiger partial charge on any atom is -0.297 e. The zero-order valence-electron chi connectivity index (χ0n) is 11.0. The van der Waals surface area contributed by atoms with Crippen LogP contribution in [-0.4, -0.2) is 5.78 Å². The van der Waals surface area contributed by atoms with Crippen LogP contribution < -0.4 is 0 Å². The lowest BCUT2D eigenvalue weighted by molar-refractivity contribution is -0.130. The first-order valence-corrected chi connectivity index (χ1v) is 6.96. The minimum absolute atomic E-state index is 0.0357. The Morgan fingerprint density at radius 3 is 2.42 bits per heavy atom. The molecule has 0 aliphatic heterocycles. The number of hydrogen-bond donors (Lipinski definition) is 0. The summed E-state index contributed by atoms with van der Waals surface area (Å²) in [7, 11) is 0. The van der Waals surface area contributed by atoms with E-state index in [0.29, 0.717) is 22.9 Å². The molecule has 1 unspecified atom stereocenters. The van der Waals surface area contributed by atoms with Gasteiger partial charge < -0.3 is 0 Å². The third-order valence-corrected chi connectivity index (χ3v) is 4.67. The van der Waals surface area contributed by atoms with E-state index in [1.54, 1.807) is 12.1 Å². The van der Waals surface area contributed by atoms with Crippen molar-refractivity contribution in [1.29, 1.82) is 5.26 Å². The van der Waals surface area contributed by atoms with Gasteiger partial charge >= 0.3 is 0 Å². The zero-order chi connectivity index (χ0) is 14.3. The van der Waals surface area contributed by atoms with E-state index in [-0.39, 0.29) is 5.78 Å². The summed E-state index contributed by atoms with van der Waals surface area (Å²) in [5.74, 6) is 0.0357. The van der Waals surface area contributed by atoms with Gasteiger partial charge in [0.05, 0.1) is 16.1 Å². The first kappa shape index (κ1) is 14.4. The molecule has 0 bridgehead atoms. The summed E-state index contributed by atoms with van der Waals surface area (Å²) in [6, 6.07) is 7.51. The fraction of sp³-hybridized carbons (Fsp3) is 0.467. The number of carbonyl (C=O) groups excluding carboxylic acids is 1. The lowest BCUT2D eigenvalue weighted by atomic mass is 9.77. The molecule has 0 N–H and O–H groups in total. The van der Waals surface area contributed by atoms with Crippen molar-refractivity contribution >= 4 is 29.0 Å². The number of hydrogen-bond acceptors (Lipinski definition) is 2. The van der Waals surface area contributed by atoms with Crippen molar-refractivity contribution in [3.8, 4) is 6.07 Å². The number of nitrogens with zero attached hydrogens (tertiary/aromatic N) is 1. The van der Waals surface area contributed by atoms with Crippen LogP contribution in [0.3, 0.4) is 0 Å². The summed E-state index contributed by atoms with van der Waals surface area (Å²) in [5, 5.41) is 10.4. The molecular formula is C15H15Cl2NO. The van der Waals surface area contributed by atoms with Crippen molar-refractivity contribution in [3.63, 3.8) is 0 Å². The lowest BCUT2D eigenvalue weighted by Crippen LogP contribution is -2.33. The molecule has 0 amide bonds. The van der Waals surface area contributed by atoms with Gasteiger partial charge in [0.1, 0.15) is 5.41 Å². The average Bonchev–Trinajstić information content (AvgIpc) is 2.59. The van der Waals surface area contributed by atoms with Crippen LogP contribution >= 0.6 is 23.2 Å². The Labute approximate surface area is 123 Å². The molecule has 4 heteroatoms. The predicted molar refractivity (Wildman–Crippen MR) is 76.2 cm³/mol. The monoisotopic (exact) mass is 295 g/mol. The largest absolute Gasteiger partial charge is 0.297 e. The van der Waals surface area contributed by atoms with Crippen molar-refractivity contribution in [1.82, 2.24) is 0 Å². The van der Waals surface area contributed by atoms with E-state index >= 15 is 0 Å². The van der Waals surface area contributed by atoms with Gasteiger partial charge in [0.25, 0.3) is 0 Å². The molecule has 1 aromatic carbocycles. The van der Waals surface area contributed by atoms with Gasteiger partial charge in [0.15, 0.2) is 5.78 Å². The van der Waals surface area contributed by atoms with Crippen molar-refractivity contribution in [2.75, 3.05) is 0 Å². The number of ketones is 1. The molecule has 0 aromatic heterocycles. The number of halogens is 2. The van der Waals surface area contributed by atoms with Gasteiger partial charge in [-0.15, -0.1) is 0 Å². The maximum absolute atomic E-state index is 12.5. The first-order chi connectivity index (χ1) is 8.81. The molecule has 1 aliphatic rings. The SMILES string of the molecule is CC1(C)CCC(C#N)(Cc2ccc(Cl)c(Cl)c2)C1=O. The van der Waals surface area contributed by atoms with E-state index in [1.807, 2.05) is 19.9 Å². The molecule has 2 rings (SSSR count). The van der Waals surface area contributed by atoms with Gasteiger partial charge in [-0.05, 0) is 37.0 Å². The molecule has 19 heavy (non-hydrogen) atoms. The maximum atomic E-state index is 12.5. The fourth-order valence-corrected chi connectivity index (χ4v) is 3.03. The summed E-state index contributed by atoms with van der Waals surface area (Å²) in [4.78, 5) is 12.5. The van der Waals surface area contributed by atoms with E-state index in [4.69, 9.17) is 23.2 Å². The highest BCUT2D eigenvalue weighted by molar-refractivity contribution is 6.42. The van der Waals surface area contributed by atoms with Crippen LogP contribution in [0.1, 0.15) is 32.3 Å². The van der Waals surface area contributed by atoms with Gasteiger partial charge in [-0.2, -0.15) is 5.26 Å². The third-order valence-electron chi connectivity index (χ3n) is 3.93. The van der Waals surface area contributed by atoms with Crippen molar-refractivity contribution in [2.45, 2.75) is 33.1 Å². The van der Waals surface area contributed by atoms with E-state index in [9.17, 15) is 10.1 Å². The van der Waals surface area contributed by atoms with Crippen molar-refractivity contribution in [3.05, 3.63) is 33.8 Å². The van der Waals surface area contributed by atoms with Gasteiger partial charge in [-0.25, -0.2) is 0 Å². The Morgan fingerprint density at radius 2 is 1.95 bits per heavy atom. The van der Waals surface area contributed by atoms with Crippen LogP contribution in [0.25, 0.3) is 0 Å². The molecule has 0 saturated heterocycles. The first-order valence-electron chi connectivity index (χ1n) is 6.21. The van der Waals surface area contributed by atoms with E-state index in [1.165, 1.54) is 0 Å². The van der Waals surface area contributed by atoms with Crippen LogP contribution in [0.4, 0.5) is 0 Å². The van der Waals surface area contributed by atoms with Crippen LogP contribution in [0.15, 0.2) is 18.2 Å². The topological polar surface area (TPSA) is 40.9 Å². The Balaban J connectivity index is 2.33. The van der Waals surface area contributed by atoms with Crippen LogP contribution in [0.2, 0.25) is 10.0 Å². The number of nitriles is 1. The molecule has 1 aromatic rings. The molecule has 2 nitrogen and oxygen atoms in total. The molecule has 1 atom stereocenters. The van der Waals surface area contributed by atoms with Crippen LogP contribution in [-0.2, 0) is 11.2 Å². The predicted octanol–water partition coefficient (Wildman–Crippen LogP) is 4.43. The summed E-state index contributed by atoms with van der Waals surface area (Å²) in [5.41, 5.74) is -0.450. The fourth-order valence-electron chi connectivity index (χ4n) is 2.71. The van der Waals surface area contributed by atoms with Crippen LogP contribution in [0, 0.1) is 22.2 Å². The molecular weight excluding hydrogens is 281 g/mol. The Kier molecular flexibility index (Phi) is 3.64. The van der Waals surface area contributed by atoms with Crippen LogP contribution in [0.5, 0.6) is 0 Å². The van der Waals surface area contributed by atoms with Gasteiger partial charge in [-0.3, -0.25) is 4.79 Å². The minimum atomic E-state index is -0.916. The molecule has 1 saturated carbocycles. The highest BCUT2D eigenvalue weighted by Crippen LogP contribution is 2.47. The second-order valence-corrected chi connectivity index (χ2v) is 6.65. The second kappa shape index (κ2) is 4.81. The molecule has 1 aliphatic carbocycles. The maximum Gasteiger partial charge on any atom is 0.158 e. The highest BCUT2D eigenvalue weighted by atomic mass is 35.5. The lowest BCUT2D eigenvalue weighted by Gasteiger charge is -2.22.